The number of rotatable bonds is 5. The Morgan fingerprint density at radius 2 is 1.93 bits per heavy atom. The Morgan fingerprint density at radius 3 is 2.59 bits per heavy atom. The SMILES string of the molecule is C.C=CN1C=C(C2=C(c3cc(CCC)ccc3F)CC(C)C=C2)C=CC1=C.CC. The van der Waals surface area contributed by atoms with Gasteiger partial charge in [0.25, 0.3) is 0 Å². The van der Waals surface area contributed by atoms with Gasteiger partial charge in [0.2, 0.25) is 0 Å². The van der Waals surface area contributed by atoms with E-state index in [2.05, 4.69) is 39.2 Å². The van der Waals surface area contributed by atoms with E-state index in [9.17, 15) is 4.39 Å². The van der Waals surface area contributed by atoms with Gasteiger partial charge < -0.3 is 4.90 Å². The molecule has 0 spiro atoms. The number of aryl methyl sites for hydroxylation is 1. The van der Waals surface area contributed by atoms with Crippen LogP contribution in [-0.2, 0) is 6.42 Å². The second kappa shape index (κ2) is 11.4. The molecule has 1 aromatic rings. The molecule has 1 heterocycles. The van der Waals surface area contributed by atoms with Crippen molar-refractivity contribution < 1.29 is 4.39 Å². The van der Waals surface area contributed by atoms with Gasteiger partial charge in [0, 0.05) is 23.7 Å². The van der Waals surface area contributed by atoms with E-state index in [1.807, 2.05) is 49.2 Å². The lowest BCUT2D eigenvalue weighted by atomic mass is 9.82. The van der Waals surface area contributed by atoms with Crippen molar-refractivity contribution in [1.29, 1.82) is 0 Å². The Morgan fingerprint density at radius 1 is 1.21 bits per heavy atom. The Labute approximate surface area is 177 Å². The minimum absolute atomic E-state index is 0. The fourth-order valence-electron chi connectivity index (χ4n) is 3.51. The molecule has 0 amide bonds. The monoisotopic (exact) mass is 393 g/mol. The highest BCUT2D eigenvalue weighted by molar-refractivity contribution is 5.78. The average Bonchev–Trinajstić information content (AvgIpc) is 2.71. The maximum Gasteiger partial charge on any atom is 0.130 e. The molecular formula is C27H36FN. The first-order valence-corrected chi connectivity index (χ1v) is 10.2. The lowest BCUT2D eigenvalue weighted by molar-refractivity contribution is 0.619. The van der Waals surface area contributed by atoms with Crippen LogP contribution in [0.15, 0.2) is 84.9 Å². The zero-order valence-electron chi connectivity index (χ0n) is 17.6. The van der Waals surface area contributed by atoms with E-state index in [-0.39, 0.29) is 13.2 Å². The molecule has 1 aliphatic carbocycles. The van der Waals surface area contributed by atoms with Crippen molar-refractivity contribution in [3.8, 4) is 0 Å². The summed E-state index contributed by atoms with van der Waals surface area (Å²) in [5.74, 6) is 0.242. The van der Waals surface area contributed by atoms with Gasteiger partial charge >= 0.3 is 0 Å². The normalized spacial score (nSPS) is 18.0. The van der Waals surface area contributed by atoms with E-state index in [4.69, 9.17) is 0 Å². The highest BCUT2D eigenvalue weighted by Crippen LogP contribution is 2.38. The zero-order valence-corrected chi connectivity index (χ0v) is 17.6. The van der Waals surface area contributed by atoms with Gasteiger partial charge in [-0.15, -0.1) is 0 Å². The third kappa shape index (κ3) is 5.69. The lowest BCUT2D eigenvalue weighted by Gasteiger charge is -2.26. The van der Waals surface area contributed by atoms with Gasteiger partial charge in [-0.25, -0.2) is 4.39 Å². The van der Waals surface area contributed by atoms with Crippen molar-refractivity contribution in [3.63, 3.8) is 0 Å². The van der Waals surface area contributed by atoms with Crippen LogP contribution in [0, 0.1) is 11.7 Å². The van der Waals surface area contributed by atoms with E-state index in [0.717, 1.165) is 47.2 Å². The standard InChI is InChI=1S/C24H26FN.C2H6.CH4/c1-5-7-19-10-13-24(25)23(15-19)22-14-17(3)8-12-21(22)20-11-9-18(4)26(6-2)16-20;1-2;/h6,8-13,15-17H,2,4-5,7,14H2,1,3H3;1-2H3;1H4. The molecule has 1 aromatic carbocycles. The van der Waals surface area contributed by atoms with Crippen LogP contribution in [0.5, 0.6) is 0 Å². The number of hydrogen-bond acceptors (Lipinski definition) is 1. The third-order valence-electron chi connectivity index (χ3n) is 4.91. The van der Waals surface area contributed by atoms with Crippen LogP contribution in [-0.4, -0.2) is 4.90 Å². The molecule has 0 radical (unpaired) electrons. The summed E-state index contributed by atoms with van der Waals surface area (Å²) >= 11 is 0. The van der Waals surface area contributed by atoms with Crippen molar-refractivity contribution in [2.75, 3.05) is 0 Å². The van der Waals surface area contributed by atoms with E-state index in [1.54, 1.807) is 12.3 Å². The van der Waals surface area contributed by atoms with Crippen molar-refractivity contribution in [2.45, 2.75) is 54.4 Å². The van der Waals surface area contributed by atoms with Gasteiger partial charge in [-0.2, -0.15) is 0 Å². The van der Waals surface area contributed by atoms with Crippen molar-refractivity contribution in [3.05, 3.63) is 102 Å². The smallest absolute Gasteiger partial charge is 0.130 e. The van der Waals surface area contributed by atoms with Gasteiger partial charge in [-0.3, -0.25) is 0 Å². The maximum atomic E-state index is 14.7. The van der Waals surface area contributed by atoms with Crippen LogP contribution in [0.25, 0.3) is 5.57 Å². The van der Waals surface area contributed by atoms with E-state index in [0.29, 0.717) is 5.92 Å². The summed E-state index contributed by atoms with van der Waals surface area (Å²) in [6.45, 7) is 16.2. The molecule has 0 saturated carbocycles. The zero-order chi connectivity index (χ0) is 20.7. The van der Waals surface area contributed by atoms with E-state index < -0.39 is 0 Å². The molecule has 1 nitrogen and oxygen atoms in total. The topological polar surface area (TPSA) is 3.24 Å². The van der Waals surface area contributed by atoms with Crippen LogP contribution in [0.2, 0.25) is 0 Å². The summed E-state index contributed by atoms with van der Waals surface area (Å²) < 4.78 is 14.7. The number of allylic oxidation sites excluding steroid dienone is 7. The van der Waals surface area contributed by atoms with Crippen LogP contribution >= 0.6 is 0 Å². The Balaban J connectivity index is 0.00000136. The minimum Gasteiger partial charge on any atom is -0.324 e. The quantitative estimate of drug-likeness (QED) is 0.487. The van der Waals surface area contributed by atoms with E-state index >= 15 is 0 Å². The first kappa shape index (κ1) is 24.4. The number of halogens is 1. The molecule has 1 unspecified atom stereocenters. The molecular weight excluding hydrogens is 357 g/mol. The molecule has 3 rings (SSSR count). The first-order chi connectivity index (χ1) is 13.5. The summed E-state index contributed by atoms with van der Waals surface area (Å²) in [5.41, 5.74) is 5.98. The third-order valence-corrected chi connectivity index (χ3v) is 4.91. The highest BCUT2D eigenvalue weighted by Gasteiger charge is 2.21. The molecule has 1 aliphatic heterocycles. The van der Waals surface area contributed by atoms with E-state index in [1.165, 1.54) is 5.56 Å². The summed E-state index contributed by atoms with van der Waals surface area (Å²) in [5, 5.41) is 0. The highest BCUT2D eigenvalue weighted by atomic mass is 19.1. The largest absolute Gasteiger partial charge is 0.324 e. The van der Waals surface area contributed by atoms with Crippen molar-refractivity contribution in [1.82, 2.24) is 4.90 Å². The molecule has 156 valence electrons. The molecule has 1 atom stereocenters. The summed E-state index contributed by atoms with van der Waals surface area (Å²) in [6, 6.07) is 5.53. The summed E-state index contributed by atoms with van der Waals surface area (Å²) in [4.78, 5) is 1.90. The second-order valence-electron chi connectivity index (χ2n) is 7.00. The van der Waals surface area contributed by atoms with Crippen molar-refractivity contribution in [2.24, 2.45) is 5.92 Å². The molecule has 0 fully saturated rings. The van der Waals surface area contributed by atoms with Gasteiger partial charge in [0.1, 0.15) is 5.82 Å². The van der Waals surface area contributed by atoms with Crippen LogP contribution in [0.4, 0.5) is 4.39 Å². The molecule has 2 aliphatic rings. The molecule has 0 bridgehead atoms. The molecule has 0 aromatic heterocycles. The summed E-state index contributed by atoms with van der Waals surface area (Å²) in [7, 11) is 0. The fraction of sp³-hybridized carbons (Fsp3) is 0.333. The van der Waals surface area contributed by atoms with Crippen molar-refractivity contribution >= 4 is 5.57 Å². The molecule has 2 heteroatoms. The molecule has 0 saturated heterocycles. The van der Waals surface area contributed by atoms with Crippen LogP contribution < -0.4 is 0 Å². The number of nitrogens with zero attached hydrogens (tertiary/aromatic N) is 1. The number of hydrogen-bond donors (Lipinski definition) is 0. The predicted molar refractivity (Wildman–Crippen MR) is 127 cm³/mol. The van der Waals surface area contributed by atoms with Crippen LogP contribution in [0.3, 0.4) is 0 Å². The molecule has 29 heavy (non-hydrogen) atoms. The Bertz CT molecular complexity index is 851. The second-order valence-corrected chi connectivity index (χ2v) is 7.00. The fourth-order valence-corrected chi connectivity index (χ4v) is 3.51. The Kier molecular flexibility index (Phi) is 9.61. The molecule has 0 N–H and O–H groups in total. The Hall–Kier alpha value is -2.61. The maximum absolute atomic E-state index is 14.7. The lowest BCUT2D eigenvalue weighted by Crippen LogP contribution is -2.12. The van der Waals surface area contributed by atoms with Gasteiger partial charge in [0.15, 0.2) is 0 Å². The predicted octanol–water partition coefficient (Wildman–Crippen LogP) is 8.20. The van der Waals surface area contributed by atoms with Gasteiger partial charge in [-0.05, 0) is 59.3 Å². The minimum atomic E-state index is -0.148. The van der Waals surface area contributed by atoms with Crippen LogP contribution in [0.1, 0.15) is 59.1 Å². The average molecular weight is 394 g/mol. The van der Waals surface area contributed by atoms with Gasteiger partial charge in [-0.1, -0.05) is 79.0 Å². The number of benzene rings is 1. The van der Waals surface area contributed by atoms with Gasteiger partial charge in [0.05, 0.1) is 0 Å². The summed E-state index contributed by atoms with van der Waals surface area (Å²) in [6.07, 6.45) is 14.9. The first-order valence-electron chi connectivity index (χ1n) is 10.2.